The average molecular weight is 298 g/mol. The number of aryl methyl sites for hydroxylation is 1. The molecule has 0 radical (unpaired) electrons. The summed E-state index contributed by atoms with van der Waals surface area (Å²) in [6, 6.07) is 5.47. The molecule has 0 spiro atoms. The topological polar surface area (TPSA) is 89.7 Å². The molecular formula is C13H18N2O4S. The summed E-state index contributed by atoms with van der Waals surface area (Å²) >= 11 is 0. The molecule has 0 bridgehead atoms. The summed E-state index contributed by atoms with van der Waals surface area (Å²) in [7, 11) is -2.00. The van der Waals surface area contributed by atoms with Crippen molar-refractivity contribution in [1.29, 1.82) is 0 Å². The van der Waals surface area contributed by atoms with Crippen LogP contribution in [0.15, 0.2) is 18.2 Å². The van der Waals surface area contributed by atoms with E-state index in [1.807, 2.05) is 19.1 Å². The molecule has 1 aliphatic heterocycles. The Hall–Kier alpha value is -1.60. The van der Waals surface area contributed by atoms with Crippen molar-refractivity contribution >= 4 is 21.6 Å². The van der Waals surface area contributed by atoms with Crippen LogP contribution in [-0.2, 0) is 14.8 Å². The number of primary sulfonamides is 1. The molecule has 1 fully saturated rings. The van der Waals surface area contributed by atoms with E-state index in [1.165, 1.54) is 0 Å². The Morgan fingerprint density at radius 2 is 2.15 bits per heavy atom. The Kier molecular flexibility index (Phi) is 4.01. The summed E-state index contributed by atoms with van der Waals surface area (Å²) in [5, 5.41) is 5.04. The molecule has 1 atom stereocenters. The van der Waals surface area contributed by atoms with E-state index in [0.717, 1.165) is 11.3 Å². The monoisotopic (exact) mass is 298 g/mol. The van der Waals surface area contributed by atoms with Gasteiger partial charge in [-0.3, -0.25) is 4.79 Å². The number of methoxy groups -OCH3 is 1. The van der Waals surface area contributed by atoms with E-state index in [0.29, 0.717) is 12.3 Å². The summed E-state index contributed by atoms with van der Waals surface area (Å²) in [5.74, 6) is 0.143. The minimum absolute atomic E-state index is 0.0880. The van der Waals surface area contributed by atoms with Crippen LogP contribution in [0.25, 0.3) is 0 Å². The molecule has 0 aliphatic carbocycles. The summed E-state index contributed by atoms with van der Waals surface area (Å²) in [5.41, 5.74) is 1.70. The predicted molar refractivity (Wildman–Crippen MR) is 76.2 cm³/mol. The minimum Gasteiger partial charge on any atom is -0.497 e. The zero-order valence-corrected chi connectivity index (χ0v) is 12.3. The number of carbonyl (C=O) groups excluding carboxylic acids is 1. The van der Waals surface area contributed by atoms with Crippen LogP contribution < -0.4 is 14.8 Å². The predicted octanol–water partition coefficient (Wildman–Crippen LogP) is 0.645. The number of rotatable bonds is 4. The van der Waals surface area contributed by atoms with Crippen molar-refractivity contribution < 1.29 is 17.9 Å². The number of hydrogen-bond donors (Lipinski definition) is 1. The van der Waals surface area contributed by atoms with Gasteiger partial charge in [-0.1, -0.05) is 6.07 Å². The fraction of sp³-hybridized carbons (Fsp3) is 0.462. The van der Waals surface area contributed by atoms with E-state index < -0.39 is 10.0 Å². The molecule has 1 aliphatic rings. The number of hydrogen-bond acceptors (Lipinski definition) is 4. The van der Waals surface area contributed by atoms with Gasteiger partial charge in [0.05, 0.1) is 18.6 Å². The molecule has 7 heteroatoms. The van der Waals surface area contributed by atoms with Crippen LogP contribution in [0, 0.1) is 12.8 Å². The average Bonchev–Trinajstić information content (AvgIpc) is 2.68. The molecular weight excluding hydrogens is 280 g/mol. The Balaban J connectivity index is 2.24. The van der Waals surface area contributed by atoms with Gasteiger partial charge in [0.25, 0.3) is 0 Å². The quantitative estimate of drug-likeness (QED) is 0.883. The van der Waals surface area contributed by atoms with Gasteiger partial charge in [-0.25, -0.2) is 13.6 Å². The molecule has 1 heterocycles. The van der Waals surface area contributed by atoms with Crippen molar-refractivity contribution in [2.75, 3.05) is 24.3 Å². The number of nitrogens with zero attached hydrogens (tertiary/aromatic N) is 1. The zero-order valence-electron chi connectivity index (χ0n) is 11.5. The molecule has 6 nitrogen and oxygen atoms in total. The van der Waals surface area contributed by atoms with Gasteiger partial charge in [-0.2, -0.15) is 0 Å². The molecule has 2 N–H and O–H groups in total. The highest BCUT2D eigenvalue weighted by Gasteiger charge is 2.33. The van der Waals surface area contributed by atoms with E-state index in [4.69, 9.17) is 9.88 Å². The molecule has 1 unspecified atom stereocenters. The number of sulfonamides is 1. The molecule has 1 aromatic carbocycles. The molecule has 110 valence electrons. The maximum atomic E-state index is 12.1. The molecule has 1 aromatic rings. The van der Waals surface area contributed by atoms with Crippen LogP contribution in [0.3, 0.4) is 0 Å². The zero-order chi connectivity index (χ0) is 14.9. The SMILES string of the molecule is COc1ccc(C)c(N2CC(CS(N)(=O)=O)CC2=O)c1. The highest BCUT2D eigenvalue weighted by atomic mass is 32.2. The maximum absolute atomic E-state index is 12.1. The third-order valence-corrected chi connectivity index (χ3v) is 4.32. The number of ether oxygens (including phenoxy) is 1. The molecule has 0 aromatic heterocycles. The molecule has 1 amide bonds. The second-order valence-corrected chi connectivity index (χ2v) is 6.72. The Morgan fingerprint density at radius 3 is 2.75 bits per heavy atom. The number of amides is 1. The third kappa shape index (κ3) is 3.29. The fourth-order valence-electron chi connectivity index (χ4n) is 2.46. The lowest BCUT2D eigenvalue weighted by molar-refractivity contribution is -0.117. The Bertz CT molecular complexity index is 627. The second kappa shape index (κ2) is 5.41. The van der Waals surface area contributed by atoms with Crippen molar-refractivity contribution in [3.63, 3.8) is 0 Å². The summed E-state index contributed by atoms with van der Waals surface area (Å²) in [6.45, 7) is 2.26. The van der Waals surface area contributed by atoms with Gasteiger partial charge in [0.2, 0.25) is 15.9 Å². The van der Waals surface area contributed by atoms with Gasteiger partial charge in [0.15, 0.2) is 0 Å². The van der Waals surface area contributed by atoms with E-state index >= 15 is 0 Å². The fourth-order valence-corrected chi connectivity index (χ4v) is 3.34. The largest absolute Gasteiger partial charge is 0.497 e. The first-order valence-electron chi connectivity index (χ1n) is 6.25. The molecule has 1 saturated heterocycles. The van der Waals surface area contributed by atoms with Crippen molar-refractivity contribution in [2.24, 2.45) is 11.1 Å². The highest BCUT2D eigenvalue weighted by molar-refractivity contribution is 7.89. The lowest BCUT2D eigenvalue weighted by Gasteiger charge is -2.19. The van der Waals surface area contributed by atoms with Gasteiger partial charge < -0.3 is 9.64 Å². The number of nitrogens with two attached hydrogens (primary N) is 1. The molecule has 2 rings (SSSR count). The van der Waals surface area contributed by atoms with Gasteiger partial charge in [-0.15, -0.1) is 0 Å². The number of anilines is 1. The smallest absolute Gasteiger partial charge is 0.227 e. The van der Waals surface area contributed by atoms with Gasteiger partial charge in [-0.05, 0) is 18.6 Å². The summed E-state index contributed by atoms with van der Waals surface area (Å²) < 4.78 is 27.4. The summed E-state index contributed by atoms with van der Waals surface area (Å²) in [6.07, 6.45) is 0.201. The van der Waals surface area contributed by atoms with Crippen LogP contribution >= 0.6 is 0 Å². The van der Waals surface area contributed by atoms with E-state index in [2.05, 4.69) is 0 Å². The van der Waals surface area contributed by atoms with E-state index in [1.54, 1.807) is 18.1 Å². The van der Waals surface area contributed by atoms with Crippen LogP contribution in [0.2, 0.25) is 0 Å². The summed E-state index contributed by atoms with van der Waals surface area (Å²) in [4.78, 5) is 13.7. The van der Waals surface area contributed by atoms with Gasteiger partial charge in [0, 0.05) is 24.9 Å². The van der Waals surface area contributed by atoms with Gasteiger partial charge in [0.1, 0.15) is 5.75 Å². The van der Waals surface area contributed by atoms with Crippen molar-refractivity contribution in [2.45, 2.75) is 13.3 Å². The lowest BCUT2D eigenvalue weighted by Crippen LogP contribution is -2.28. The van der Waals surface area contributed by atoms with E-state index in [-0.39, 0.29) is 24.0 Å². The van der Waals surface area contributed by atoms with Crippen LogP contribution in [-0.4, -0.2) is 33.7 Å². The van der Waals surface area contributed by atoms with Crippen molar-refractivity contribution in [3.05, 3.63) is 23.8 Å². The minimum atomic E-state index is -3.56. The first-order valence-corrected chi connectivity index (χ1v) is 7.97. The van der Waals surface area contributed by atoms with Crippen molar-refractivity contribution in [1.82, 2.24) is 0 Å². The lowest BCUT2D eigenvalue weighted by atomic mass is 10.1. The Labute approximate surface area is 118 Å². The third-order valence-electron chi connectivity index (χ3n) is 3.38. The molecule has 0 saturated carbocycles. The highest BCUT2D eigenvalue weighted by Crippen LogP contribution is 2.31. The Morgan fingerprint density at radius 1 is 1.45 bits per heavy atom. The van der Waals surface area contributed by atoms with Gasteiger partial charge >= 0.3 is 0 Å². The standard InChI is InChI=1S/C13H18N2O4S/c1-9-3-4-11(19-2)6-12(9)15-7-10(5-13(15)16)8-20(14,17)18/h3-4,6,10H,5,7-8H2,1-2H3,(H2,14,17,18). The van der Waals surface area contributed by atoms with Crippen LogP contribution in [0.5, 0.6) is 5.75 Å². The molecule has 20 heavy (non-hydrogen) atoms. The van der Waals surface area contributed by atoms with E-state index in [9.17, 15) is 13.2 Å². The first kappa shape index (κ1) is 14.8. The normalized spacial score (nSPS) is 19.4. The number of benzene rings is 1. The van der Waals surface area contributed by atoms with Crippen LogP contribution in [0.4, 0.5) is 5.69 Å². The maximum Gasteiger partial charge on any atom is 0.227 e. The second-order valence-electron chi connectivity index (χ2n) is 5.06. The first-order chi connectivity index (χ1) is 9.30. The number of carbonyl (C=O) groups is 1. The van der Waals surface area contributed by atoms with Crippen LogP contribution in [0.1, 0.15) is 12.0 Å². The van der Waals surface area contributed by atoms with Crippen molar-refractivity contribution in [3.8, 4) is 5.75 Å².